The average Bonchev–Trinajstić information content (AvgIpc) is 2.37. The first-order chi connectivity index (χ1) is 9.01. The fraction of sp³-hybridized carbons (Fsp3) is 0.438. The molecule has 0 fully saturated rings. The molecule has 1 aromatic carbocycles. The highest BCUT2D eigenvalue weighted by Gasteiger charge is 2.12. The monoisotopic (exact) mass is 258 g/mol. The van der Waals surface area contributed by atoms with Gasteiger partial charge in [-0.15, -0.1) is 0 Å². The van der Waals surface area contributed by atoms with Gasteiger partial charge in [-0.2, -0.15) is 0 Å². The Kier molecular flexibility index (Phi) is 4.05. The first kappa shape index (κ1) is 13.8. The van der Waals surface area contributed by atoms with Crippen LogP contribution in [0.4, 0.5) is 0 Å². The van der Waals surface area contributed by atoms with E-state index in [0.717, 1.165) is 22.8 Å². The molecular weight excluding hydrogens is 236 g/mol. The van der Waals surface area contributed by atoms with Crippen molar-refractivity contribution in [1.82, 2.24) is 4.98 Å². The van der Waals surface area contributed by atoms with Gasteiger partial charge in [-0.25, -0.2) is 4.98 Å². The quantitative estimate of drug-likeness (QED) is 0.913. The lowest BCUT2D eigenvalue weighted by Gasteiger charge is -2.18. The van der Waals surface area contributed by atoms with Crippen molar-refractivity contribution in [1.29, 1.82) is 0 Å². The number of fused-ring (bicyclic) bond motifs is 1. The predicted molar refractivity (Wildman–Crippen MR) is 79.2 cm³/mol. The van der Waals surface area contributed by atoms with Crippen LogP contribution >= 0.6 is 0 Å². The fourth-order valence-electron chi connectivity index (χ4n) is 1.96. The summed E-state index contributed by atoms with van der Waals surface area (Å²) in [6.07, 6.45) is 2.82. The lowest BCUT2D eigenvalue weighted by atomic mass is 9.93. The SMILES string of the molecule is CC(C)(C)CCOc1ncc(CN)c2ccccc12. The molecule has 0 aliphatic carbocycles. The molecule has 0 saturated carbocycles. The molecule has 0 radical (unpaired) electrons. The Hall–Kier alpha value is -1.61. The average molecular weight is 258 g/mol. The van der Waals surface area contributed by atoms with Crippen LogP contribution < -0.4 is 10.5 Å². The topological polar surface area (TPSA) is 48.1 Å². The number of nitrogens with two attached hydrogens (primary N) is 1. The highest BCUT2D eigenvalue weighted by molar-refractivity contribution is 5.89. The fourth-order valence-corrected chi connectivity index (χ4v) is 1.96. The van der Waals surface area contributed by atoms with Crippen LogP contribution in [0, 0.1) is 5.41 Å². The number of aromatic nitrogens is 1. The molecule has 0 saturated heterocycles. The Morgan fingerprint density at radius 2 is 1.84 bits per heavy atom. The van der Waals surface area contributed by atoms with Crippen molar-refractivity contribution < 1.29 is 4.74 Å². The molecule has 102 valence electrons. The Morgan fingerprint density at radius 3 is 2.47 bits per heavy atom. The molecule has 0 unspecified atom stereocenters. The minimum absolute atomic E-state index is 0.271. The molecule has 0 spiro atoms. The maximum absolute atomic E-state index is 5.84. The Bertz CT molecular complexity index is 558. The summed E-state index contributed by atoms with van der Waals surface area (Å²) in [5, 5.41) is 2.17. The number of ether oxygens (including phenoxy) is 1. The Morgan fingerprint density at radius 1 is 1.16 bits per heavy atom. The lowest BCUT2D eigenvalue weighted by Crippen LogP contribution is -2.12. The summed E-state index contributed by atoms with van der Waals surface area (Å²) in [6.45, 7) is 7.80. The van der Waals surface area contributed by atoms with E-state index < -0.39 is 0 Å². The van der Waals surface area contributed by atoms with Crippen molar-refractivity contribution in [3.8, 4) is 5.88 Å². The van der Waals surface area contributed by atoms with E-state index in [1.54, 1.807) is 0 Å². The summed E-state index contributed by atoms with van der Waals surface area (Å²) in [5.74, 6) is 0.706. The van der Waals surface area contributed by atoms with E-state index in [2.05, 4.69) is 31.8 Å². The minimum atomic E-state index is 0.271. The predicted octanol–water partition coefficient (Wildman–Crippen LogP) is 3.51. The zero-order valence-corrected chi connectivity index (χ0v) is 11.9. The van der Waals surface area contributed by atoms with Crippen molar-refractivity contribution in [2.75, 3.05) is 6.61 Å². The van der Waals surface area contributed by atoms with Crippen LogP contribution in [0.25, 0.3) is 10.8 Å². The van der Waals surface area contributed by atoms with E-state index in [4.69, 9.17) is 10.5 Å². The van der Waals surface area contributed by atoms with E-state index in [1.165, 1.54) is 0 Å². The standard InChI is InChI=1S/C16H22N2O/c1-16(2,3)8-9-19-15-14-7-5-4-6-13(14)12(10-17)11-18-15/h4-7,11H,8-10,17H2,1-3H3. The summed E-state index contributed by atoms with van der Waals surface area (Å²) in [6, 6.07) is 8.12. The first-order valence-electron chi connectivity index (χ1n) is 6.71. The number of benzene rings is 1. The molecule has 2 aromatic rings. The van der Waals surface area contributed by atoms with Gasteiger partial charge >= 0.3 is 0 Å². The van der Waals surface area contributed by atoms with E-state index in [0.29, 0.717) is 19.0 Å². The van der Waals surface area contributed by atoms with Gasteiger partial charge in [0.1, 0.15) is 0 Å². The van der Waals surface area contributed by atoms with Crippen molar-refractivity contribution in [2.24, 2.45) is 11.1 Å². The summed E-state index contributed by atoms with van der Waals surface area (Å²) in [5.41, 5.74) is 7.07. The van der Waals surface area contributed by atoms with Crippen molar-refractivity contribution in [3.05, 3.63) is 36.0 Å². The molecule has 19 heavy (non-hydrogen) atoms. The second-order valence-corrected chi connectivity index (χ2v) is 6.00. The van der Waals surface area contributed by atoms with Crippen LogP contribution in [-0.2, 0) is 6.54 Å². The summed E-state index contributed by atoms with van der Waals surface area (Å²) < 4.78 is 5.84. The molecule has 2 N–H and O–H groups in total. The maximum atomic E-state index is 5.84. The van der Waals surface area contributed by atoms with Crippen molar-refractivity contribution in [3.63, 3.8) is 0 Å². The maximum Gasteiger partial charge on any atom is 0.221 e. The van der Waals surface area contributed by atoms with Gasteiger partial charge in [-0.1, -0.05) is 39.0 Å². The van der Waals surface area contributed by atoms with Crippen LogP contribution in [0.2, 0.25) is 0 Å². The van der Waals surface area contributed by atoms with Gasteiger partial charge in [0.05, 0.1) is 6.61 Å². The molecule has 2 rings (SSSR count). The molecule has 1 heterocycles. The minimum Gasteiger partial charge on any atom is -0.477 e. The second-order valence-electron chi connectivity index (χ2n) is 6.00. The summed E-state index contributed by atoms with van der Waals surface area (Å²) in [4.78, 5) is 4.40. The molecule has 1 aromatic heterocycles. The summed E-state index contributed by atoms with van der Waals surface area (Å²) >= 11 is 0. The van der Waals surface area contributed by atoms with Crippen LogP contribution in [0.3, 0.4) is 0 Å². The van der Waals surface area contributed by atoms with Gasteiger partial charge in [-0.3, -0.25) is 0 Å². The molecule has 0 bridgehead atoms. The van der Waals surface area contributed by atoms with Gasteiger partial charge in [0.15, 0.2) is 0 Å². The van der Waals surface area contributed by atoms with Gasteiger partial charge in [-0.05, 0) is 28.9 Å². The van der Waals surface area contributed by atoms with E-state index in [-0.39, 0.29) is 5.41 Å². The van der Waals surface area contributed by atoms with Crippen molar-refractivity contribution in [2.45, 2.75) is 33.7 Å². The largest absolute Gasteiger partial charge is 0.477 e. The third-order valence-corrected chi connectivity index (χ3v) is 3.15. The van der Waals surface area contributed by atoms with Crippen molar-refractivity contribution >= 4 is 10.8 Å². The molecule has 3 heteroatoms. The van der Waals surface area contributed by atoms with Crippen LogP contribution in [0.1, 0.15) is 32.8 Å². The molecule has 3 nitrogen and oxygen atoms in total. The van der Waals surface area contributed by atoms with Gasteiger partial charge in [0.2, 0.25) is 5.88 Å². The molecule has 0 aliphatic heterocycles. The van der Waals surface area contributed by atoms with E-state index in [9.17, 15) is 0 Å². The smallest absolute Gasteiger partial charge is 0.221 e. The Balaban J connectivity index is 2.24. The van der Waals surface area contributed by atoms with Crippen LogP contribution in [0.15, 0.2) is 30.5 Å². The van der Waals surface area contributed by atoms with Gasteiger partial charge in [0, 0.05) is 18.1 Å². The van der Waals surface area contributed by atoms with E-state index in [1.807, 2.05) is 24.4 Å². The molecule has 0 amide bonds. The number of nitrogens with zero attached hydrogens (tertiary/aromatic N) is 1. The Labute approximate surface area is 114 Å². The summed E-state index contributed by atoms with van der Waals surface area (Å²) in [7, 11) is 0. The lowest BCUT2D eigenvalue weighted by molar-refractivity contribution is 0.238. The molecule has 0 atom stereocenters. The molecular formula is C16H22N2O. The third kappa shape index (κ3) is 3.44. The highest BCUT2D eigenvalue weighted by atomic mass is 16.5. The van der Waals surface area contributed by atoms with Crippen LogP contribution in [-0.4, -0.2) is 11.6 Å². The zero-order chi connectivity index (χ0) is 13.9. The zero-order valence-electron chi connectivity index (χ0n) is 11.9. The molecule has 0 aliphatic rings. The number of pyridine rings is 1. The first-order valence-corrected chi connectivity index (χ1v) is 6.71. The van der Waals surface area contributed by atoms with Gasteiger partial charge < -0.3 is 10.5 Å². The van der Waals surface area contributed by atoms with E-state index >= 15 is 0 Å². The second kappa shape index (κ2) is 5.57. The number of hydrogen-bond acceptors (Lipinski definition) is 3. The third-order valence-electron chi connectivity index (χ3n) is 3.15. The highest BCUT2D eigenvalue weighted by Crippen LogP contribution is 2.27. The van der Waals surface area contributed by atoms with Gasteiger partial charge in [0.25, 0.3) is 0 Å². The number of rotatable bonds is 4. The number of hydrogen-bond donors (Lipinski definition) is 1. The van der Waals surface area contributed by atoms with Crippen LogP contribution in [0.5, 0.6) is 5.88 Å². The normalized spacial score (nSPS) is 11.8.